The molecule has 2 aromatic rings. The molecule has 1 aromatic carbocycles. The molecule has 0 aliphatic carbocycles. The summed E-state index contributed by atoms with van der Waals surface area (Å²) in [5, 5.41) is 8.58. The standard InChI is InChI=1S/C15H16Cl2N4O/c1-10-9-18-5-7-20(10)15(22)14-4-6-21(19-14)11-2-3-12(16)13(17)8-11/h2-4,6,8,10,18H,5,7,9H2,1H3/t10-/m1/s1. The molecule has 0 radical (unpaired) electrons. The largest absolute Gasteiger partial charge is 0.332 e. The first-order valence-electron chi connectivity index (χ1n) is 7.09. The molecule has 2 heterocycles. The molecule has 1 N–H and O–H groups in total. The van der Waals surface area contributed by atoms with Crippen molar-refractivity contribution in [2.24, 2.45) is 0 Å². The summed E-state index contributed by atoms with van der Waals surface area (Å²) in [5.41, 5.74) is 1.20. The highest BCUT2D eigenvalue weighted by Crippen LogP contribution is 2.24. The molecule has 0 unspecified atom stereocenters. The Morgan fingerprint density at radius 3 is 2.86 bits per heavy atom. The third kappa shape index (κ3) is 2.97. The van der Waals surface area contributed by atoms with Gasteiger partial charge in [0.2, 0.25) is 0 Å². The summed E-state index contributed by atoms with van der Waals surface area (Å²) >= 11 is 11.9. The van der Waals surface area contributed by atoms with Gasteiger partial charge in [0, 0.05) is 31.9 Å². The zero-order valence-corrected chi connectivity index (χ0v) is 13.6. The molecule has 116 valence electrons. The Morgan fingerprint density at radius 1 is 1.32 bits per heavy atom. The number of nitrogens with one attached hydrogen (secondary N) is 1. The minimum Gasteiger partial charge on any atom is -0.332 e. The van der Waals surface area contributed by atoms with Gasteiger partial charge < -0.3 is 10.2 Å². The van der Waals surface area contributed by atoms with E-state index >= 15 is 0 Å². The number of amides is 1. The minimum absolute atomic E-state index is 0.0483. The van der Waals surface area contributed by atoms with Gasteiger partial charge in [-0.3, -0.25) is 4.79 Å². The van der Waals surface area contributed by atoms with E-state index in [-0.39, 0.29) is 11.9 Å². The summed E-state index contributed by atoms with van der Waals surface area (Å²) in [6.07, 6.45) is 1.75. The second kappa shape index (κ2) is 6.28. The van der Waals surface area contributed by atoms with E-state index in [0.717, 1.165) is 18.8 Å². The lowest BCUT2D eigenvalue weighted by Gasteiger charge is -2.33. The molecular weight excluding hydrogens is 323 g/mol. The fourth-order valence-corrected chi connectivity index (χ4v) is 2.79. The Labute approximate surface area is 138 Å². The van der Waals surface area contributed by atoms with Crippen LogP contribution in [0.4, 0.5) is 0 Å². The van der Waals surface area contributed by atoms with E-state index in [9.17, 15) is 4.79 Å². The highest BCUT2D eigenvalue weighted by atomic mass is 35.5. The number of piperazine rings is 1. The number of carbonyl (C=O) groups is 1. The Kier molecular flexibility index (Phi) is 4.38. The number of halogens is 2. The number of benzene rings is 1. The molecule has 22 heavy (non-hydrogen) atoms. The predicted molar refractivity (Wildman–Crippen MR) is 87.0 cm³/mol. The molecule has 0 spiro atoms. The van der Waals surface area contributed by atoms with Crippen LogP contribution in [0.1, 0.15) is 17.4 Å². The molecular formula is C15H16Cl2N4O. The molecule has 1 fully saturated rings. The van der Waals surface area contributed by atoms with Gasteiger partial charge in [-0.1, -0.05) is 23.2 Å². The molecule has 1 saturated heterocycles. The van der Waals surface area contributed by atoms with Crippen LogP contribution in [-0.4, -0.2) is 46.3 Å². The Bertz CT molecular complexity index is 701. The Morgan fingerprint density at radius 2 is 2.14 bits per heavy atom. The molecule has 1 amide bonds. The van der Waals surface area contributed by atoms with Crippen LogP contribution in [0.5, 0.6) is 0 Å². The highest BCUT2D eigenvalue weighted by molar-refractivity contribution is 6.42. The van der Waals surface area contributed by atoms with Crippen molar-refractivity contribution in [2.45, 2.75) is 13.0 Å². The first-order chi connectivity index (χ1) is 10.6. The topological polar surface area (TPSA) is 50.2 Å². The smallest absolute Gasteiger partial charge is 0.274 e. The first kappa shape index (κ1) is 15.3. The Balaban J connectivity index is 1.83. The average Bonchev–Trinajstić information content (AvgIpc) is 3.00. The van der Waals surface area contributed by atoms with Crippen LogP contribution >= 0.6 is 23.2 Å². The summed E-state index contributed by atoms with van der Waals surface area (Å²) < 4.78 is 1.63. The fraction of sp³-hybridized carbons (Fsp3) is 0.333. The second-order valence-electron chi connectivity index (χ2n) is 5.30. The normalized spacial score (nSPS) is 18.5. The number of rotatable bonds is 2. The summed E-state index contributed by atoms with van der Waals surface area (Å²) in [6, 6.07) is 7.12. The molecule has 0 bridgehead atoms. The molecule has 1 aliphatic rings. The summed E-state index contributed by atoms with van der Waals surface area (Å²) in [7, 11) is 0. The van der Waals surface area contributed by atoms with E-state index in [1.807, 2.05) is 17.9 Å². The van der Waals surface area contributed by atoms with Gasteiger partial charge >= 0.3 is 0 Å². The zero-order valence-electron chi connectivity index (χ0n) is 12.1. The number of nitrogens with zero attached hydrogens (tertiary/aromatic N) is 3. The van der Waals surface area contributed by atoms with Gasteiger partial charge in [-0.25, -0.2) is 4.68 Å². The zero-order chi connectivity index (χ0) is 15.7. The van der Waals surface area contributed by atoms with Crippen molar-refractivity contribution >= 4 is 29.1 Å². The lowest BCUT2D eigenvalue weighted by atomic mass is 10.2. The SMILES string of the molecule is C[C@@H]1CNCCN1C(=O)c1ccn(-c2ccc(Cl)c(Cl)c2)n1. The predicted octanol–water partition coefficient (Wildman–Crippen LogP) is 2.61. The van der Waals surface area contributed by atoms with E-state index < -0.39 is 0 Å². The number of hydrogen-bond acceptors (Lipinski definition) is 3. The van der Waals surface area contributed by atoms with Crippen LogP contribution in [0.15, 0.2) is 30.5 Å². The van der Waals surface area contributed by atoms with Gasteiger partial charge in [-0.05, 0) is 31.2 Å². The van der Waals surface area contributed by atoms with Crippen LogP contribution in [0, 0.1) is 0 Å². The maximum absolute atomic E-state index is 12.6. The fourth-order valence-electron chi connectivity index (χ4n) is 2.50. The van der Waals surface area contributed by atoms with E-state index in [0.29, 0.717) is 22.3 Å². The minimum atomic E-state index is -0.0483. The van der Waals surface area contributed by atoms with E-state index in [1.54, 1.807) is 29.1 Å². The molecule has 3 rings (SSSR count). The van der Waals surface area contributed by atoms with Crippen LogP contribution in [0.3, 0.4) is 0 Å². The van der Waals surface area contributed by atoms with E-state index in [4.69, 9.17) is 23.2 Å². The Hall–Kier alpha value is -1.56. The number of hydrogen-bond donors (Lipinski definition) is 1. The summed E-state index contributed by atoms with van der Waals surface area (Å²) in [6.45, 7) is 4.34. The quantitative estimate of drug-likeness (QED) is 0.915. The first-order valence-corrected chi connectivity index (χ1v) is 7.84. The van der Waals surface area contributed by atoms with Crippen molar-refractivity contribution in [1.82, 2.24) is 20.0 Å². The maximum Gasteiger partial charge on any atom is 0.274 e. The van der Waals surface area contributed by atoms with Crippen molar-refractivity contribution in [3.63, 3.8) is 0 Å². The molecule has 5 nitrogen and oxygen atoms in total. The van der Waals surface area contributed by atoms with Crippen molar-refractivity contribution in [3.8, 4) is 5.69 Å². The molecule has 1 aromatic heterocycles. The van der Waals surface area contributed by atoms with Crippen LogP contribution in [0.2, 0.25) is 10.0 Å². The van der Waals surface area contributed by atoms with Crippen molar-refractivity contribution in [2.75, 3.05) is 19.6 Å². The van der Waals surface area contributed by atoms with Gasteiger partial charge in [-0.15, -0.1) is 0 Å². The average molecular weight is 339 g/mol. The third-order valence-corrected chi connectivity index (χ3v) is 4.48. The van der Waals surface area contributed by atoms with E-state index in [1.165, 1.54) is 0 Å². The van der Waals surface area contributed by atoms with Crippen LogP contribution < -0.4 is 5.32 Å². The number of carbonyl (C=O) groups excluding carboxylic acids is 1. The monoisotopic (exact) mass is 338 g/mol. The lowest BCUT2D eigenvalue weighted by molar-refractivity contribution is 0.0649. The van der Waals surface area contributed by atoms with Gasteiger partial charge in [-0.2, -0.15) is 5.10 Å². The lowest BCUT2D eigenvalue weighted by Crippen LogP contribution is -2.52. The van der Waals surface area contributed by atoms with Crippen LogP contribution in [-0.2, 0) is 0 Å². The highest BCUT2D eigenvalue weighted by Gasteiger charge is 2.25. The second-order valence-corrected chi connectivity index (χ2v) is 6.11. The molecule has 1 atom stereocenters. The molecule has 7 heteroatoms. The maximum atomic E-state index is 12.6. The molecule has 0 saturated carbocycles. The third-order valence-electron chi connectivity index (χ3n) is 3.74. The van der Waals surface area contributed by atoms with E-state index in [2.05, 4.69) is 10.4 Å². The molecule has 1 aliphatic heterocycles. The van der Waals surface area contributed by atoms with Gasteiger partial charge in [0.25, 0.3) is 5.91 Å². The van der Waals surface area contributed by atoms with Gasteiger partial charge in [0.15, 0.2) is 5.69 Å². The van der Waals surface area contributed by atoms with Crippen LogP contribution in [0.25, 0.3) is 5.69 Å². The number of aromatic nitrogens is 2. The summed E-state index contributed by atoms with van der Waals surface area (Å²) in [5.74, 6) is -0.0483. The van der Waals surface area contributed by atoms with Crippen molar-refractivity contribution in [1.29, 1.82) is 0 Å². The van der Waals surface area contributed by atoms with Gasteiger partial charge in [0.05, 0.1) is 15.7 Å². The van der Waals surface area contributed by atoms with Crippen molar-refractivity contribution in [3.05, 3.63) is 46.2 Å². The summed E-state index contributed by atoms with van der Waals surface area (Å²) in [4.78, 5) is 14.4. The van der Waals surface area contributed by atoms with Crippen molar-refractivity contribution < 1.29 is 4.79 Å². The van der Waals surface area contributed by atoms with Gasteiger partial charge in [0.1, 0.15) is 0 Å².